The fourth-order valence-electron chi connectivity index (χ4n) is 1.29. The molecule has 88 valence electrons. The van der Waals surface area contributed by atoms with Crippen LogP contribution in [-0.4, -0.2) is 25.2 Å². The van der Waals surface area contributed by atoms with Crippen molar-refractivity contribution in [3.63, 3.8) is 0 Å². The lowest BCUT2D eigenvalue weighted by molar-refractivity contribution is -0.132. The molecular formula is C9H16F3N3. The number of hydrogen-bond acceptors (Lipinski definition) is 1. The molecule has 15 heavy (non-hydrogen) atoms. The summed E-state index contributed by atoms with van der Waals surface area (Å²) >= 11 is 0. The summed E-state index contributed by atoms with van der Waals surface area (Å²) in [6.45, 7) is 0.425. The molecule has 3 nitrogen and oxygen atoms in total. The topological polar surface area (TPSA) is 50.4 Å². The molecule has 1 rings (SSSR count). The minimum atomic E-state index is -4.14. The first-order valence-electron chi connectivity index (χ1n) is 5.08. The largest absolute Gasteiger partial charge is 0.390 e. The molecule has 3 N–H and O–H groups in total. The van der Waals surface area contributed by atoms with E-state index in [-0.39, 0.29) is 12.5 Å². The van der Waals surface area contributed by atoms with E-state index in [1.165, 1.54) is 6.42 Å². The molecule has 1 fully saturated rings. The lowest BCUT2D eigenvalue weighted by atomic mass is 9.86. The highest BCUT2D eigenvalue weighted by Gasteiger charge is 2.26. The van der Waals surface area contributed by atoms with Crippen LogP contribution in [0.2, 0.25) is 0 Å². The van der Waals surface area contributed by atoms with Gasteiger partial charge in [-0.1, -0.05) is 6.42 Å². The number of nitrogens with two attached hydrogens (primary N) is 1. The Labute approximate surface area is 86.9 Å². The van der Waals surface area contributed by atoms with Crippen LogP contribution in [0, 0.1) is 5.92 Å². The van der Waals surface area contributed by atoms with E-state index in [1.54, 1.807) is 0 Å². The van der Waals surface area contributed by atoms with E-state index in [1.807, 2.05) is 0 Å². The highest BCUT2D eigenvalue weighted by molar-refractivity contribution is 5.77. The zero-order valence-electron chi connectivity index (χ0n) is 8.48. The first kappa shape index (κ1) is 12.1. The normalized spacial score (nSPS) is 18.7. The van der Waals surface area contributed by atoms with Crippen molar-refractivity contribution in [2.24, 2.45) is 16.6 Å². The van der Waals surface area contributed by atoms with Crippen molar-refractivity contribution in [3.8, 4) is 0 Å². The van der Waals surface area contributed by atoms with Crippen LogP contribution in [0.1, 0.15) is 25.7 Å². The molecule has 0 aromatic carbocycles. The lowest BCUT2D eigenvalue weighted by Crippen LogP contribution is -2.35. The van der Waals surface area contributed by atoms with Crippen molar-refractivity contribution in [1.29, 1.82) is 0 Å². The second kappa shape index (κ2) is 5.23. The molecule has 0 aliphatic heterocycles. The molecular weight excluding hydrogens is 207 g/mol. The van der Waals surface area contributed by atoms with Gasteiger partial charge in [0.2, 0.25) is 0 Å². The van der Waals surface area contributed by atoms with E-state index in [2.05, 4.69) is 10.3 Å². The molecule has 0 radical (unpaired) electrons. The van der Waals surface area contributed by atoms with Crippen molar-refractivity contribution < 1.29 is 13.2 Å². The van der Waals surface area contributed by atoms with Crippen LogP contribution in [0.5, 0.6) is 0 Å². The Balaban J connectivity index is 2.08. The maximum atomic E-state index is 11.8. The Hall–Kier alpha value is -0.940. The van der Waals surface area contributed by atoms with E-state index in [4.69, 9.17) is 5.73 Å². The summed E-state index contributed by atoms with van der Waals surface area (Å²) in [4.78, 5) is 3.98. The Bertz CT molecular complexity index is 221. The molecule has 1 aliphatic carbocycles. The summed E-state index contributed by atoms with van der Waals surface area (Å²) in [5.74, 6) is 0.694. The Morgan fingerprint density at radius 1 is 1.40 bits per heavy atom. The van der Waals surface area contributed by atoms with Crippen LogP contribution in [0.3, 0.4) is 0 Å². The van der Waals surface area contributed by atoms with E-state index in [0.717, 1.165) is 12.8 Å². The van der Waals surface area contributed by atoms with Gasteiger partial charge in [-0.25, -0.2) is 0 Å². The summed E-state index contributed by atoms with van der Waals surface area (Å²) in [6, 6.07) is 0. The molecule has 6 heteroatoms. The first-order chi connectivity index (χ1) is 6.97. The smallest absolute Gasteiger partial charge is 0.370 e. The van der Waals surface area contributed by atoms with Crippen LogP contribution in [0.25, 0.3) is 0 Å². The molecule has 0 unspecified atom stereocenters. The number of halogens is 3. The third kappa shape index (κ3) is 5.49. The number of alkyl halides is 3. The monoisotopic (exact) mass is 223 g/mol. The Morgan fingerprint density at radius 2 is 2.07 bits per heavy atom. The molecule has 0 aromatic heterocycles. The van der Waals surface area contributed by atoms with Gasteiger partial charge >= 0.3 is 6.18 Å². The van der Waals surface area contributed by atoms with E-state index < -0.39 is 12.6 Å². The molecule has 1 aliphatic rings. The number of aliphatic imine (C=N–C) groups is 1. The predicted octanol–water partition coefficient (Wildman–Crippen LogP) is 1.64. The fraction of sp³-hybridized carbons (Fsp3) is 0.889. The molecule has 0 amide bonds. The quantitative estimate of drug-likeness (QED) is 0.562. The van der Waals surface area contributed by atoms with Gasteiger partial charge in [0.25, 0.3) is 0 Å². The van der Waals surface area contributed by atoms with Gasteiger partial charge in [-0.15, -0.1) is 0 Å². The minimum Gasteiger partial charge on any atom is -0.370 e. The average molecular weight is 223 g/mol. The summed E-state index contributed by atoms with van der Waals surface area (Å²) in [6.07, 6.45) is -1.49. The van der Waals surface area contributed by atoms with Crippen molar-refractivity contribution in [2.75, 3.05) is 13.1 Å². The number of rotatable bonds is 4. The molecule has 0 spiro atoms. The van der Waals surface area contributed by atoms with E-state index >= 15 is 0 Å². The number of nitrogens with zero attached hydrogens (tertiary/aromatic N) is 1. The van der Waals surface area contributed by atoms with Crippen molar-refractivity contribution in [1.82, 2.24) is 5.32 Å². The van der Waals surface area contributed by atoms with Crippen LogP contribution in [0.15, 0.2) is 4.99 Å². The molecule has 0 bridgehead atoms. The second-order valence-corrected chi connectivity index (χ2v) is 3.81. The highest BCUT2D eigenvalue weighted by atomic mass is 19.4. The molecule has 0 atom stereocenters. The lowest BCUT2D eigenvalue weighted by Gasteiger charge is -2.23. The number of hydrogen-bond donors (Lipinski definition) is 2. The molecule has 1 saturated carbocycles. The van der Waals surface area contributed by atoms with Crippen LogP contribution in [0.4, 0.5) is 13.2 Å². The van der Waals surface area contributed by atoms with Gasteiger partial charge in [-0.2, -0.15) is 13.2 Å². The Morgan fingerprint density at radius 3 is 2.53 bits per heavy atom. The summed E-state index contributed by atoms with van der Waals surface area (Å²) in [5, 5.41) is 2.45. The van der Waals surface area contributed by atoms with Gasteiger partial charge in [0, 0.05) is 13.1 Å². The van der Waals surface area contributed by atoms with E-state index in [9.17, 15) is 13.2 Å². The highest BCUT2D eigenvalue weighted by Crippen LogP contribution is 2.26. The van der Waals surface area contributed by atoms with Gasteiger partial charge in [0.1, 0.15) is 0 Å². The first-order valence-corrected chi connectivity index (χ1v) is 5.08. The third-order valence-corrected chi connectivity index (χ3v) is 2.46. The van der Waals surface area contributed by atoms with Gasteiger partial charge in [0.15, 0.2) is 5.96 Å². The SMILES string of the molecule is NC(=NCC1CCC1)NCCC(F)(F)F. The predicted molar refractivity (Wildman–Crippen MR) is 52.5 cm³/mol. The molecule has 0 heterocycles. The number of guanidine groups is 1. The van der Waals surface area contributed by atoms with Gasteiger partial charge in [-0.3, -0.25) is 4.99 Å². The fourth-order valence-corrected chi connectivity index (χ4v) is 1.29. The van der Waals surface area contributed by atoms with Crippen molar-refractivity contribution >= 4 is 5.96 Å². The second-order valence-electron chi connectivity index (χ2n) is 3.81. The average Bonchev–Trinajstić information content (AvgIpc) is 1.98. The van der Waals surface area contributed by atoms with Crippen LogP contribution < -0.4 is 11.1 Å². The summed E-state index contributed by atoms with van der Waals surface area (Å²) in [7, 11) is 0. The zero-order chi connectivity index (χ0) is 11.3. The van der Waals surface area contributed by atoms with Crippen molar-refractivity contribution in [3.05, 3.63) is 0 Å². The van der Waals surface area contributed by atoms with Gasteiger partial charge in [-0.05, 0) is 18.8 Å². The summed E-state index contributed by atoms with van der Waals surface area (Å²) < 4.78 is 35.3. The molecule has 0 saturated heterocycles. The standard InChI is InChI=1S/C9H16F3N3/c10-9(11,12)4-5-14-8(13)15-6-7-2-1-3-7/h7H,1-6H2,(H3,13,14,15). The van der Waals surface area contributed by atoms with E-state index in [0.29, 0.717) is 12.5 Å². The maximum Gasteiger partial charge on any atom is 0.390 e. The third-order valence-electron chi connectivity index (χ3n) is 2.46. The van der Waals surface area contributed by atoms with Crippen LogP contribution in [-0.2, 0) is 0 Å². The van der Waals surface area contributed by atoms with Gasteiger partial charge in [0.05, 0.1) is 6.42 Å². The van der Waals surface area contributed by atoms with Gasteiger partial charge < -0.3 is 11.1 Å². The van der Waals surface area contributed by atoms with Crippen LogP contribution >= 0.6 is 0 Å². The number of nitrogens with one attached hydrogen (secondary N) is 1. The molecule has 0 aromatic rings. The summed E-state index contributed by atoms with van der Waals surface area (Å²) in [5.41, 5.74) is 5.40. The Kier molecular flexibility index (Phi) is 4.23. The maximum absolute atomic E-state index is 11.8. The van der Waals surface area contributed by atoms with Crippen molar-refractivity contribution in [2.45, 2.75) is 31.9 Å². The zero-order valence-corrected chi connectivity index (χ0v) is 8.48. The minimum absolute atomic E-state index is 0.117.